The Morgan fingerprint density at radius 3 is 2.41 bits per heavy atom. The molecule has 2 amide bonds. The van der Waals surface area contributed by atoms with E-state index < -0.39 is 65.8 Å². The maximum absolute atomic E-state index is 13.4. The summed E-state index contributed by atoms with van der Waals surface area (Å²) in [6, 6.07) is -1.10. The molecule has 0 saturated heterocycles. The van der Waals surface area contributed by atoms with Crippen LogP contribution >= 0.6 is 0 Å². The summed E-state index contributed by atoms with van der Waals surface area (Å²) in [5.41, 5.74) is -1.88. The van der Waals surface area contributed by atoms with Gasteiger partial charge >= 0.3 is 11.9 Å². The van der Waals surface area contributed by atoms with Crippen LogP contribution in [0.25, 0.3) is 0 Å². The molecule has 0 aromatic carbocycles. The molecule has 244 valence electrons. The van der Waals surface area contributed by atoms with E-state index in [0.29, 0.717) is 19.3 Å². The third-order valence-corrected chi connectivity index (χ3v) is 11.1. The number of ether oxygens (including phenoxy) is 1. The number of hydrogen-bond donors (Lipinski definition) is 5. The highest BCUT2D eigenvalue weighted by Crippen LogP contribution is 2.67. The largest absolute Gasteiger partial charge is 0.480 e. The minimum atomic E-state index is -1.78. The molecule has 0 unspecified atom stereocenters. The van der Waals surface area contributed by atoms with Gasteiger partial charge in [-0.25, -0.2) is 4.79 Å². The molecule has 4 aliphatic rings. The van der Waals surface area contributed by atoms with Crippen molar-refractivity contribution in [2.75, 3.05) is 13.2 Å². The first-order valence-electron chi connectivity index (χ1n) is 15.7. The van der Waals surface area contributed by atoms with Crippen LogP contribution in [0.15, 0.2) is 11.6 Å². The smallest absolute Gasteiger partial charge is 0.326 e. The average molecular weight is 619 g/mol. The van der Waals surface area contributed by atoms with Crippen LogP contribution in [-0.4, -0.2) is 81.5 Å². The summed E-state index contributed by atoms with van der Waals surface area (Å²) in [5.74, 6) is -4.16. The van der Waals surface area contributed by atoms with E-state index in [4.69, 9.17) is 9.84 Å². The number of rotatable bonds is 11. The fraction of sp³-hybridized carbons (Fsp3) is 0.750. The number of nitrogens with one attached hydrogen (secondary N) is 2. The Labute approximate surface area is 257 Å². The summed E-state index contributed by atoms with van der Waals surface area (Å²) in [6.07, 6.45) is 4.02. The number of fused-ring (bicyclic) bond motifs is 5. The number of aliphatic hydroxyl groups is 2. The SMILES string of the molecule is CC(C)[C@H](NC(=O)CNC(=O)CCC(=O)OCC(=O)[C@@]1(O)CC[C@H]2[C@@H]3CCC4=CC(=O)CC[C@]4(C)[C@H]3[C@@H](O)C[C@@]21C)C(=O)O. The molecule has 4 rings (SSSR count). The predicted molar refractivity (Wildman–Crippen MR) is 156 cm³/mol. The maximum Gasteiger partial charge on any atom is 0.326 e. The molecule has 5 N–H and O–H groups in total. The molecule has 0 aromatic rings. The van der Waals surface area contributed by atoms with E-state index in [-0.39, 0.29) is 60.6 Å². The van der Waals surface area contributed by atoms with Crippen molar-refractivity contribution in [3.63, 3.8) is 0 Å². The summed E-state index contributed by atoms with van der Waals surface area (Å²) < 4.78 is 5.14. The molecule has 4 aliphatic carbocycles. The van der Waals surface area contributed by atoms with Crippen molar-refractivity contribution in [2.45, 2.75) is 103 Å². The molecule has 0 aliphatic heterocycles. The molecule has 12 heteroatoms. The number of carbonyl (C=O) groups is 6. The number of carboxylic acid groups (broad SMARTS) is 1. The van der Waals surface area contributed by atoms with Crippen LogP contribution in [0.2, 0.25) is 0 Å². The molecular weight excluding hydrogens is 572 g/mol. The lowest BCUT2D eigenvalue weighted by atomic mass is 9.45. The monoisotopic (exact) mass is 618 g/mol. The van der Waals surface area contributed by atoms with Crippen molar-refractivity contribution in [3.8, 4) is 0 Å². The number of aliphatic carboxylic acids is 1. The Morgan fingerprint density at radius 1 is 1.05 bits per heavy atom. The van der Waals surface area contributed by atoms with Gasteiger partial charge in [-0.05, 0) is 73.7 Å². The van der Waals surface area contributed by atoms with Gasteiger partial charge in [-0.15, -0.1) is 0 Å². The zero-order valence-corrected chi connectivity index (χ0v) is 26.0. The van der Waals surface area contributed by atoms with Crippen LogP contribution in [0.1, 0.15) is 85.5 Å². The zero-order chi connectivity index (χ0) is 32.6. The number of aliphatic hydroxyl groups excluding tert-OH is 1. The molecule has 0 heterocycles. The predicted octanol–water partition coefficient (Wildman–Crippen LogP) is 1.45. The molecule has 0 bridgehead atoms. The standard InChI is InChI=1S/C32H46N2O10/c1-17(2)28(29(41)42)34-25(39)15-33-24(38)7-8-26(40)44-16-23(37)32(43)12-10-21-20-6-5-18-13-19(35)9-11-30(18,3)27(20)22(36)14-31(21,32)4/h13,17,20-22,27-28,36,43H,5-12,14-16H2,1-4H3,(H,33,38)(H,34,39)(H,41,42)/t20-,21-,22-,27+,28-,30-,31-,32-/m0/s1. The fourth-order valence-corrected chi connectivity index (χ4v) is 8.71. The van der Waals surface area contributed by atoms with Gasteiger partial charge in [0.2, 0.25) is 17.6 Å². The number of hydrogen-bond acceptors (Lipinski definition) is 9. The quantitative estimate of drug-likeness (QED) is 0.211. The van der Waals surface area contributed by atoms with E-state index in [2.05, 4.69) is 17.6 Å². The van der Waals surface area contributed by atoms with Gasteiger partial charge in [0.25, 0.3) is 0 Å². The summed E-state index contributed by atoms with van der Waals surface area (Å²) >= 11 is 0. The summed E-state index contributed by atoms with van der Waals surface area (Å²) in [5, 5.41) is 37.1. The summed E-state index contributed by atoms with van der Waals surface area (Å²) in [6.45, 7) is 6.13. The lowest BCUT2D eigenvalue weighted by Crippen LogP contribution is -2.62. The Kier molecular flexibility index (Phi) is 9.75. The Balaban J connectivity index is 1.29. The van der Waals surface area contributed by atoms with Crippen molar-refractivity contribution in [2.24, 2.45) is 34.5 Å². The second-order valence-electron chi connectivity index (χ2n) is 14.0. The highest BCUT2D eigenvalue weighted by Gasteiger charge is 2.68. The molecule has 3 fully saturated rings. The minimum Gasteiger partial charge on any atom is -0.480 e. The van der Waals surface area contributed by atoms with Crippen LogP contribution in [0.4, 0.5) is 0 Å². The Hall–Kier alpha value is -3.12. The zero-order valence-electron chi connectivity index (χ0n) is 26.0. The third-order valence-electron chi connectivity index (χ3n) is 11.1. The van der Waals surface area contributed by atoms with Crippen molar-refractivity contribution in [3.05, 3.63) is 11.6 Å². The van der Waals surface area contributed by atoms with E-state index in [9.17, 15) is 39.0 Å². The second-order valence-corrected chi connectivity index (χ2v) is 14.0. The van der Waals surface area contributed by atoms with Crippen molar-refractivity contribution >= 4 is 35.3 Å². The normalized spacial score (nSPS) is 35.0. The van der Waals surface area contributed by atoms with Gasteiger partial charge in [0, 0.05) is 18.3 Å². The van der Waals surface area contributed by atoms with Crippen molar-refractivity contribution in [1.29, 1.82) is 0 Å². The van der Waals surface area contributed by atoms with E-state index in [1.807, 2.05) is 6.92 Å². The Morgan fingerprint density at radius 2 is 1.75 bits per heavy atom. The van der Waals surface area contributed by atoms with Crippen LogP contribution in [0.3, 0.4) is 0 Å². The van der Waals surface area contributed by atoms with E-state index in [1.54, 1.807) is 19.9 Å². The van der Waals surface area contributed by atoms with Crippen LogP contribution < -0.4 is 10.6 Å². The lowest BCUT2D eigenvalue weighted by molar-refractivity contribution is -0.184. The van der Waals surface area contributed by atoms with Crippen molar-refractivity contribution in [1.82, 2.24) is 10.6 Å². The highest BCUT2D eigenvalue weighted by molar-refractivity contribution is 5.92. The molecule has 0 aromatic heterocycles. The third kappa shape index (κ3) is 6.20. The number of amides is 2. The van der Waals surface area contributed by atoms with Gasteiger partial charge in [0.15, 0.2) is 12.4 Å². The Bertz CT molecular complexity index is 1250. The number of allylic oxidation sites excluding steroid dienone is 1. The van der Waals surface area contributed by atoms with Gasteiger partial charge in [-0.1, -0.05) is 33.3 Å². The number of Topliss-reactive ketones (excluding diaryl/α,β-unsaturated/α-hetero) is 1. The molecule has 0 spiro atoms. The van der Waals surface area contributed by atoms with E-state index in [1.165, 1.54) is 0 Å². The number of ketones is 2. The number of carboxylic acids is 1. The molecule has 3 saturated carbocycles. The fourth-order valence-electron chi connectivity index (χ4n) is 8.71. The molecular formula is C32H46N2O10. The van der Waals surface area contributed by atoms with Gasteiger partial charge in [0.05, 0.1) is 19.1 Å². The lowest BCUT2D eigenvalue weighted by Gasteiger charge is -2.60. The molecule has 12 nitrogen and oxygen atoms in total. The molecule has 8 atom stereocenters. The second kappa shape index (κ2) is 12.7. The van der Waals surface area contributed by atoms with Gasteiger partial charge in [-0.2, -0.15) is 0 Å². The van der Waals surface area contributed by atoms with Gasteiger partial charge in [0.1, 0.15) is 11.6 Å². The maximum atomic E-state index is 13.4. The summed E-state index contributed by atoms with van der Waals surface area (Å²) in [7, 11) is 0. The average Bonchev–Trinajstić information content (AvgIpc) is 3.22. The first kappa shape index (κ1) is 33.8. The van der Waals surface area contributed by atoms with Crippen LogP contribution in [-0.2, 0) is 33.5 Å². The summed E-state index contributed by atoms with van der Waals surface area (Å²) in [4.78, 5) is 73.2. The van der Waals surface area contributed by atoms with E-state index >= 15 is 0 Å². The molecule has 0 radical (unpaired) electrons. The minimum absolute atomic E-state index is 0.0104. The topological polar surface area (TPSA) is 196 Å². The number of carbonyl (C=O) groups excluding carboxylic acids is 5. The van der Waals surface area contributed by atoms with Crippen LogP contribution in [0, 0.1) is 34.5 Å². The van der Waals surface area contributed by atoms with Gasteiger partial charge in [-0.3, -0.25) is 24.0 Å². The van der Waals surface area contributed by atoms with E-state index in [0.717, 1.165) is 18.4 Å². The number of esters is 1. The first-order valence-corrected chi connectivity index (χ1v) is 15.7. The van der Waals surface area contributed by atoms with Gasteiger partial charge < -0.3 is 30.7 Å². The van der Waals surface area contributed by atoms with Crippen LogP contribution in [0.5, 0.6) is 0 Å². The highest BCUT2D eigenvalue weighted by atomic mass is 16.5. The molecule has 44 heavy (non-hydrogen) atoms. The van der Waals surface area contributed by atoms with Crippen molar-refractivity contribution < 1.29 is 48.8 Å². The first-order chi connectivity index (χ1) is 20.5.